The van der Waals surface area contributed by atoms with E-state index in [1.165, 1.54) is 0 Å². The summed E-state index contributed by atoms with van der Waals surface area (Å²) in [5, 5.41) is 17.5. The molecule has 0 aliphatic heterocycles. The SMILES string of the molecule is Cc1ncc(CO)cc1CO. The van der Waals surface area contributed by atoms with Crippen LogP contribution in [-0.4, -0.2) is 15.2 Å². The number of hydrogen-bond donors (Lipinski definition) is 2. The van der Waals surface area contributed by atoms with E-state index in [0.29, 0.717) is 0 Å². The minimum atomic E-state index is -0.0275. The van der Waals surface area contributed by atoms with Crippen molar-refractivity contribution in [1.29, 1.82) is 0 Å². The molecule has 0 aliphatic carbocycles. The summed E-state index contributed by atoms with van der Waals surface area (Å²) in [6, 6.07) is 1.75. The molecule has 1 aromatic heterocycles. The van der Waals surface area contributed by atoms with Crippen LogP contribution in [0.1, 0.15) is 16.8 Å². The van der Waals surface area contributed by atoms with Gasteiger partial charge in [0, 0.05) is 11.9 Å². The second-order valence-corrected chi connectivity index (χ2v) is 2.40. The zero-order chi connectivity index (χ0) is 8.27. The van der Waals surface area contributed by atoms with Gasteiger partial charge >= 0.3 is 0 Å². The van der Waals surface area contributed by atoms with Crippen molar-refractivity contribution in [2.75, 3.05) is 0 Å². The molecule has 0 aromatic carbocycles. The second kappa shape index (κ2) is 3.46. The number of nitrogens with zero attached hydrogens (tertiary/aromatic N) is 1. The fraction of sp³-hybridized carbons (Fsp3) is 0.375. The van der Waals surface area contributed by atoms with Gasteiger partial charge in [0.1, 0.15) is 0 Å². The zero-order valence-corrected chi connectivity index (χ0v) is 6.41. The highest BCUT2D eigenvalue weighted by atomic mass is 16.3. The Morgan fingerprint density at radius 2 is 2.09 bits per heavy atom. The van der Waals surface area contributed by atoms with E-state index in [0.717, 1.165) is 16.8 Å². The van der Waals surface area contributed by atoms with Crippen LogP contribution in [0.4, 0.5) is 0 Å². The monoisotopic (exact) mass is 153 g/mol. The van der Waals surface area contributed by atoms with Gasteiger partial charge in [-0.25, -0.2) is 0 Å². The first-order chi connectivity index (χ1) is 5.27. The van der Waals surface area contributed by atoms with E-state index in [4.69, 9.17) is 10.2 Å². The first-order valence-electron chi connectivity index (χ1n) is 3.44. The first-order valence-corrected chi connectivity index (χ1v) is 3.44. The molecule has 1 rings (SSSR count). The van der Waals surface area contributed by atoms with Crippen LogP contribution in [0.3, 0.4) is 0 Å². The molecule has 2 N–H and O–H groups in total. The highest BCUT2D eigenvalue weighted by molar-refractivity contribution is 5.23. The van der Waals surface area contributed by atoms with Gasteiger partial charge < -0.3 is 10.2 Å². The third kappa shape index (κ3) is 1.76. The number of rotatable bonds is 2. The molecule has 0 saturated carbocycles. The fourth-order valence-corrected chi connectivity index (χ4v) is 0.875. The van der Waals surface area contributed by atoms with Crippen LogP contribution in [-0.2, 0) is 13.2 Å². The van der Waals surface area contributed by atoms with Crippen LogP contribution < -0.4 is 0 Å². The lowest BCUT2D eigenvalue weighted by Gasteiger charge is -2.02. The molecule has 0 amide bonds. The minimum absolute atomic E-state index is 0.0212. The number of aromatic nitrogens is 1. The van der Waals surface area contributed by atoms with Crippen LogP contribution in [0, 0.1) is 6.92 Å². The van der Waals surface area contributed by atoms with Gasteiger partial charge in [-0.15, -0.1) is 0 Å². The lowest BCUT2D eigenvalue weighted by Crippen LogP contribution is -1.95. The molecular weight excluding hydrogens is 142 g/mol. The van der Waals surface area contributed by atoms with Crippen molar-refractivity contribution in [3.05, 3.63) is 29.1 Å². The van der Waals surface area contributed by atoms with Gasteiger partial charge in [-0.05, 0) is 24.1 Å². The van der Waals surface area contributed by atoms with Gasteiger partial charge in [-0.3, -0.25) is 4.98 Å². The second-order valence-electron chi connectivity index (χ2n) is 2.40. The molecule has 0 bridgehead atoms. The van der Waals surface area contributed by atoms with Crippen LogP contribution in [0.15, 0.2) is 12.3 Å². The Bertz CT molecular complexity index is 248. The smallest absolute Gasteiger partial charge is 0.0699 e. The molecular formula is C8H11NO2. The van der Waals surface area contributed by atoms with Crippen molar-refractivity contribution in [3.8, 4) is 0 Å². The molecule has 1 aromatic rings. The average molecular weight is 153 g/mol. The number of hydrogen-bond acceptors (Lipinski definition) is 3. The van der Waals surface area contributed by atoms with E-state index < -0.39 is 0 Å². The van der Waals surface area contributed by atoms with E-state index in [2.05, 4.69) is 4.98 Å². The molecule has 0 unspecified atom stereocenters. The Labute approximate surface area is 65.3 Å². The predicted molar refractivity (Wildman–Crippen MR) is 40.8 cm³/mol. The molecule has 0 saturated heterocycles. The highest BCUT2D eigenvalue weighted by Gasteiger charge is 1.98. The Morgan fingerprint density at radius 1 is 1.36 bits per heavy atom. The summed E-state index contributed by atoms with van der Waals surface area (Å²) in [7, 11) is 0. The van der Waals surface area contributed by atoms with E-state index in [-0.39, 0.29) is 13.2 Å². The quantitative estimate of drug-likeness (QED) is 0.645. The molecule has 60 valence electrons. The molecule has 0 spiro atoms. The highest BCUT2D eigenvalue weighted by Crippen LogP contribution is 2.07. The molecule has 3 nitrogen and oxygen atoms in total. The normalized spacial score (nSPS) is 10.1. The fourth-order valence-electron chi connectivity index (χ4n) is 0.875. The van der Waals surface area contributed by atoms with Gasteiger partial charge in [-0.1, -0.05) is 0 Å². The Balaban J connectivity index is 3.02. The van der Waals surface area contributed by atoms with E-state index in [9.17, 15) is 0 Å². The molecule has 0 radical (unpaired) electrons. The van der Waals surface area contributed by atoms with Gasteiger partial charge in [0.25, 0.3) is 0 Å². The lowest BCUT2D eigenvalue weighted by atomic mass is 10.1. The maximum absolute atomic E-state index is 8.82. The van der Waals surface area contributed by atoms with Crippen LogP contribution in [0.25, 0.3) is 0 Å². The summed E-state index contributed by atoms with van der Waals surface area (Å²) in [4.78, 5) is 4.00. The molecule has 0 aliphatic rings. The number of pyridine rings is 1. The Kier molecular flexibility index (Phi) is 2.57. The third-order valence-electron chi connectivity index (χ3n) is 1.60. The topological polar surface area (TPSA) is 53.4 Å². The Hall–Kier alpha value is -0.930. The standard InChI is InChI=1S/C8H11NO2/c1-6-8(5-11)2-7(4-10)3-9-6/h2-3,10-11H,4-5H2,1H3. The van der Waals surface area contributed by atoms with Crippen molar-refractivity contribution in [2.24, 2.45) is 0 Å². The maximum atomic E-state index is 8.82. The largest absolute Gasteiger partial charge is 0.392 e. The van der Waals surface area contributed by atoms with Crippen molar-refractivity contribution in [1.82, 2.24) is 4.98 Å². The van der Waals surface area contributed by atoms with Gasteiger partial charge in [0.15, 0.2) is 0 Å². The summed E-state index contributed by atoms with van der Waals surface area (Å²) < 4.78 is 0. The average Bonchev–Trinajstić information content (AvgIpc) is 2.05. The first kappa shape index (κ1) is 8.17. The summed E-state index contributed by atoms with van der Waals surface area (Å²) in [6.45, 7) is 1.78. The van der Waals surface area contributed by atoms with E-state index in [1.54, 1.807) is 12.3 Å². The molecule has 0 fully saturated rings. The molecule has 3 heteroatoms. The zero-order valence-electron chi connectivity index (χ0n) is 6.41. The van der Waals surface area contributed by atoms with Gasteiger partial charge in [0.05, 0.1) is 13.2 Å². The lowest BCUT2D eigenvalue weighted by molar-refractivity contribution is 0.274. The third-order valence-corrected chi connectivity index (χ3v) is 1.60. The van der Waals surface area contributed by atoms with Crippen LogP contribution >= 0.6 is 0 Å². The van der Waals surface area contributed by atoms with Crippen LogP contribution in [0.2, 0.25) is 0 Å². The number of aryl methyl sites for hydroxylation is 1. The maximum Gasteiger partial charge on any atom is 0.0699 e. The van der Waals surface area contributed by atoms with Gasteiger partial charge in [-0.2, -0.15) is 0 Å². The molecule has 0 atom stereocenters. The minimum Gasteiger partial charge on any atom is -0.392 e. The predicted octanol–water partition coefficient (Wildman–Crippen LogP) is 0.375. The van der Waals surface area contributed by atoms with Crippen molar-refractivity contribution >= 4 is 0 Å². The summed E-state index contributed by atoms with van der Waals surface area (Å²) in [5.74, 6) is 0. The number of aliphatic hydroxyl groups excluding tert-OH is 2. The van der Waals surface area contributed by atoms with E-state index >= 15 is 0 Å². The van der Waals surface area contributed by atoms with Crippen molar-refractivity contribution in [2.45, 2.75) is 20.1 Å². The summed E-state index contributed by atoms with van der Waals surface area (Å²) in [6.07, 6.45) is 1.61. The Morgan fingerprint density at radius 3 is 2.64 bits per heavy atom. The summed E-state index contributed by atoms with van der Waals surface area (Å²) >= 11 is 0. The molecule has 11 heavy (non-hydrogen) atoms. The van der Waals surface area contributed by atoms with Crippen LogP contribution in [0.5, 0.6) is 0 Å². The summed E-state index contributed by atoms with van der Waals surface area (Å²) in [5.41, 5.74) is 2.32. The van der Waals surface area contributed by atoms with Gasteiger partial charge in [0.2, 0.25) is 0 Å². The van der Waals surface area contributed by atoms with Crippen molar-refractivity contribution in [3.63, 3.8) is 0 Å². The van der Waals surface area contributed by atoms with Crippen molar-refractivity contribution < 1.29 is 10.2 Å². The van der Waals surface area contributed by atoms with E-state index in [1.807, 2.05) is 6.92 Å². The number of aliphatic hydroxyl groups is 2. The molecule has 1 heterocycles.